The molecule has 0 fully saturated rings. The average molecular weight is 381 g/mol. The fourth-order valence-corrected chi connectivity index (χ4v) is 2.51. The molecular formula is C22H17F2NO3. The highest BCUT2D eigenvalue weighted by Gasteiger charge is 2.16. The van der Waals surface area contributed by atoms with E-state index in [2.05, 4.69) is 0 Å². The van der Waals surface area contributed by atoms with Crippen molar-refractivity contribution in [3.8, 4) is 11.5 Å². The Morgan fingerprint density at radius 3 is 2.21 bits per heavy atom. The standard InChI is InChI=1S/C22H17F2NO3/c1-27-19-13-11-16(12-14-19)21(26)28-20-10-6-5-7-17(20)15-25(22(23)24)18-8-3-2-4-9-18/h2-15H,1H3. The molecule has 142 valence electrons. The lowest BCUT2D eigenvalue weighted by atomic mass is 10.2. The number of hydrogen-bond acceptors (Lipinski definition) is 3. The lowest BCUT2D eigenvalue weighted by Crippen LogP contribution is -2.12. The number of methoxy groups -OCH3 is 1. The number of hydrogen-bond donors (Lipinski definition) is 0. The molecule has 0 atom stereocenters. The largest absolute Gasteiger partial charge is 0.497 e. The van der Waals surface area contributed by atoms with Crippen LogP contribution in [0.15, 0.2) is 78.9 Å². The van der Waals surface area contributed by atoms with E-state index < -0.39 is 12.5 Å². The summed E-state index contributed by atoms with van der Waals surface area (Å²) in [6, 6.07) is 21.1. The summed E-state index contributed by atoms with van der Waals surface area (Å²) in [4.78, 5) is 12.4. The van der Waals surface area contributed by atoms with Gasteiger partial charge >= 0.3 is 12.5 Å². The predicted molar refractivity (Wildman–Crippen MR) is 101 cm³/mol. The van der Waals surface area contributed by atoms with Crippen LogP contribution in [0.5, 0.6) is 11.5 Å². The van der Waals surface area contributed by atoms with Gasteiger partial charge in [-0.3, -0.25) is 4.58 Å². The second kappa shape index (κ2) is 8.81. The maximum absolute atomic E-state index is 13.5. The van der Waals surface area contributed by atoms with Crippen molar-refractivity contribution in [3.05, 3.63) is 96.5 Å². The fraction of sp³-hybridized carbons (Fsp3) is 0.0455. The molecule has 0 aliphatic rings. The minimum atomic E-state index is -1.90. The van der Waals surface area contributed by atoms with E-state index in [1.807, 2.05) is 0 Å². The Labute approximate surface area is 161 Å². The lowest BCUT2D eigenvalue weighted by Gasteiger charge is -2.12. The minimum absolute atomic E-state index is 0.172. The Hall–Kier alpha value is -3.67. The van der Waals surface area contributed by atoms with Gasteiger partial charge in [-0.25, -0.2) is 4.79 Å². The predicted octanol–water partition coefficient (Wildman–Crippen LogP) is 5.06. The monoisotopic (exact) mass is 381 g/mol. The molecular weight excluding hydrogens is 364 g/mol. The van der Waals surface area contributed by atoms with Crippen LogP contribution in [0.4, 0.5) is 14.5 Å². The summed E-state index contributed by atoms with van der Waals surface area (Å²) >= 11 is 0. The third-order valence-electron chi connectivity index (χ3n) is 3.93. The molecule has 3 aromatic rings. The van der Waals surface area contributed by atoms with E-state index in [0.29, 0.717) is 22.6 Å². The van der Waals surface area contributed by atoms with E-state index in [4.69, 9.17) is 9.47 Å². The van der Waals surface area contributed by atoms with Crippen molar-refractivity contribution in [3.63, 3.8) is 0 Å². The Morgan fingerprint density at radius 1 is 0.929 bits per heavy atom. The summed E-state index contributed by atoms with van der Waals surface area (Å²) < 4.78 is 38.2. The van der Waals surface area contributed by atoms with Gasteiger partial charge in [0.1, 0.15) is 17.2 Å². The highest BCUT2D eigenvalue weighted by Crippen LogP contribution is 2.23. The van der Waals surface area contributed by atoms with Crippen LogP contribution < -0.4 is 9.47 Å². The quantitative estimate of drug-likeness (QED) is 0.150. The molecule has 3 rings (SSSR count). The molecule has 3 aromatic carbocycles. The third-order valence-corrected chi connectivity index (χ3v) is 3.93. The molecule has 0 saturated carbocycles. The average Bonchev–Trinajstić information content (AvgIpc) is 2.73. The molecule has 0 amide bonds. The van der Waals surface area contributed by atoms with Crippen LogP contribution in [0.1, 0.15) is 15.9 Å². The van der Waals surface area contributed by atoms with Gasteiger partial charge in [0.15, 0.2) is 0 Å². The van der Waals surface area contributed by atoms with Crippen molar-refractivity contribution in [1.29, 1.82) is 0 Å². The van der Waals surface area contributed by atoms with Crippen LogP contribution in [-0.2, 0) is 0 Å². The minimum Gasteiger partial charge on any atom is -0.497 e. The van der Waals surface area contributed by atoms with E-state index >= 15 is 0 Å². The lowest BCUT2D eigenvalue weighted by molar-refractivity contribution is -0.479. The Balaban J connectivity index is 1.91. The zero-order valence-electron chi connectivity index (χ0n) is 15.0. The third kappa shape index (κ3) is 4.54. The van der Waals surface area contributed by atoms with Gasteiger partial charge in [-0.2, -0.15) is 8.78 Å². The van der Waals surface area contributed by atoms with Crippen LogP contribution >= 0.6 is 0 Å². The molecule has 0 aromatic heterocycles. The van der Waals surface area contributed by atoms with Crippen molar-refractivity contribution < 1.29 is 27.6 Å². The number of rotatable bonds is 6. The van der Waals surface area contributed by atoms with Crippen molar-refractivity contribution in [2.45, 2.75) is 0 Å². The number of benzene rings is 3. The normalized spacial score (nSPS) is 11.0. The van der Waals surface area contributed by atoms with E-state index in [-0.39, 0.29) is 5.75 Å². The molecule has 4 nitrogen and oxygen atoms in total. The summed E-state index contributed by atoms with van der Waals surface area (Å²) in [7, 11) is 1.53. The van der Waals surface area contributed by atoms with Crippen LogP contribution in [0.2, 0.25) is 0 Å². The Bertz CT molecular complexity index is 971. The first kappa shape index (κ1) is 19.1. The smallest absolute Gasteiger partial charge is 0.419 e. The first-order valence-electron chi connectivity index (χ1n) is 8.41. The van der Waals surface area contributed by atoms with Gasteiger partial charge in [0.05, 0.1) is 18.9 Å². The number of carbonyl (C=O) groups is 1. The summed E-state index contributed by atoms with van der Waals surface area (Å²) in [5.74, 6) is 0.183. The van der Waals surface area contributed by atoms with Crippen LogP contribution in [0, 0.1) is 6.55 Å². The number of para-hydroxylation sites is 2. The van der Waals surface area contributed by atoms with Crippen molar-refractivity contribution in [2.75, 3.05) is 7.11 Å². The van der Waals surface area contributed by atoms with Crippen molar-refractivity contribution in [2.24, 2.45) is 0 Å². The number of halogens is 2. The topological polar surface area (TPSA) is 38.5 Å². The van der Waals surface area contributed by atoms with E-state index in [0.717, 1.165) is 4.58 Å². The van der Waals surface area contributed by atoms with Crippen LogP contribution in [0.25, 0.3) is 0 Å². The molecule has 0 heterocycles. The van der Waals surface area contributed by atoms with E-state index in [9.17, 15) is 13.6 Å². The molecule has 6 heteroatoms. The molecule has 0 aliphatic carbocycles. The van der Waals surface area contributed by atoms with Crippen molar-refractivity contribution in [1.82, 2.24) is 0 Å². The number of esters is 1. The van der Waals surface area contributed by atoms with Crippen LogP contribution in [0.3, 0.4) is 0 Å². The molecule has 0 bridgehead atoms. The fourth-order valence-electron chi connectivity index (χ4n) is 2.51. The van der Waals surface area contributed by atoms with Gasteiger partial charge in [-0.05, 0) is 42.5 Å². The summed E-state index contributed by atoms with van der Waals surface area (Å²) in [6.07, 6.45) is 1.22. The first-order chi connectivity index (χ1) is 13.6. The Morgan fingerprint density at radius 2 is 1.57 bits per heavy atom. The van der Waals surface area contributed by atoms with Crippen molar-refractivity contribution >= 4 is 17.9 Å². The van der Waals surface area contributed by atoms with Gasteiger partial charge in [0.25, 0.3) is 0 Å². The number of carbonyl (C=O) groups excluding carboxylic acids is 1. The van der Waals surface area contributed by atoms with E-state index in [1.54, 1.807) is 78.9 Å². The molecule has 0 saturated heterocycles. The van der Waals surface area contributed by atoms with Gasteiger partial charge in [0.2, 0.25) is 0 Å². The Kier molecular flexibility index (Phi) is 6.01. The van der Waals surface area contributed by atoms with Gasteiger partial charge in [-0.1, -0.05) is 36.4 Å². The summed E-state index contributed by atoms with van der Waals surface area (Å²) in [6.45, 7) is -1.90. The summed E-state index contributed by atoms with van der Waals surface area (Å²) in [5, 5.41) is 0. The maximum Gasteiger partial charge on any atom is 0.419 e. The van der Waals surface area contributed by atoms with Gasteiger partial charge in [0, 0.05) is 5.56 Å². The second-order valence-electron chi connectivity index (χ2n) is 5.73. The second-order valence-corrected chi connectivity index (χ2v) is 5.73. The highest BCUT2D eigenvalue weighted by molar-refractivity contribution is 5.92. The molecule has 0 N–H and O–H groups in total. The zero-order chi connectivity index (χ0) is 19.9. The molecule has 0 radical (unpaired) electrons. The van der Waals surface area contributed by atoms with Gasteiger partial charge in [-0.15, -0.1) is 0 Å². The zero-order valence-corrected chi connectivity index (χ0v) is 15.0. The van der Waals surface area contributed by atoms with E-state index in [1.165, 1.54) is 13.3 Å². The SMILES string of the molecule is COc1ccc(C(=O)Oc2ccccc2/C=[N+](/c2ccccc2)[C-](F)F)cc1. The molecule has 0 unspecified atom stereocenters. The van der Waals surface area contributed by atoms with Crippen LogP contribution in [-0.4, -0.2) is 23.9 Å². The molecule has 0 aliphatic heterocycles. The molecule has 0 spiro atoms. The first-order valence-corrected chi connectivity index (χ1v) is 8.41. The molecule has 28 heavy (non-hydrogen) atoms. The van der Waals surface area contributed by atoms with Gasteiger partial charge < -0.3 is 9.47 Å². The number of nitrogens with zero attached hydrogens (tertiary/aromatic N) is 1. The maximum atomic E-state index is 13.5. The number of ether oxygens (including phenoxy) is 2. The highest BCUT2D eigenvalue weighted by atomic mass is 19.3. The summed E-state index contributed by atoms with van der Waals surface area (Å²) in [5.41, 5.74) is 0.943.